The summed E-state index contributed by atoms with van der Waals surface area (Å²) < 4.78 is 16.7. The van der Waals surface area contributed by atoms with E-state index in [1.165, 1.54) is 12.3 Å². The Bertz CT molecular complexity index is 771. The second-order valence-electron chi connectivity index (χ2n) is 9.34. The first-order valence-corrected chi connectivity index (χ1v) is 13.4. The Kier molecular flexibility index (Phi) is 8.98. The molecule has 1 aromatic rings. The molecule has 10 heteroatoms. The van der Waals surface area contributed by atoms with Crippen LogP contribution in [0.3, 0.4) is 0 Å². The first-order valence-electron chi connectivity index (χ1n) is 9.70. The Hall–Kier alpha value is -2.46. The summed E-state index contributed by atoms with van der Waals surface area (Å²) in [6.07, 6.45) is -0.752. The molecule has 1 unspecified atom stereocenters. The molecule has 1 aromatic heterocycles. The van der Waals surface area contributed by atoms with E-state index in [0.717, 1.165) is 6.04 Å². The summed E-state index contributed by atoms with van der Waals surface area (Å²) in [5.74, 6) is 0.00614. The van der Waals surface area contributed by atoms with Crippen molar-refractivity contribution in [3.63, 3.8) is 0 Å². The number of nitrogens with zero attached hydrogens (tertiary/aromatic N) is 2. The monoisotopic (exact) mass is 439 g/mol. The van der Waals surface area contributed by atoms with Crippen molar-refractivity contribution in [2.75, 3.05) is 13.2 Å². The van der Waals surface area contributed by atoms with Gasteiger partial charge in [-0.15, -0.1) is 0 Å². The van der Waals surface area contributed by atoms with Crippen LogP contribution in [0.1, 0.15) is 39.7 Å². The summed E-state index contributed by atoms with van der Waals surface area (Å²) in [6.45, 7) is 17.8. The number of nitrogens with one attached hydrogen (secondary N) is 1. The number of alkyl carbamates (subject to hydrolysis) is 1. The van der Waals surface area contributed by atoms with E-state index in [4.69, 9.17) is 14.2 Å². The number of nitro groups is 1. The third-order valence-electron chi connectivity index (χ3n) is 3.61. The number of pyridine rings is 1. The van der Waals surface area contributed by atoms with Crippen LogP contribution in [0.25, 0.3) is 0 Å². The molecule has 1 atom stereocenters. The maximum Gasteiger partial charge on any atom is 0.410 e. The lowest BCUT2D eigenvalue weighted by atomic mass is 10.1. The van der Waals surface area contributed by atoms with Crippen LogP contribution >= 0.6 is 0 Å². The van der Waals surface area contributed by atoms with E-state index >= 15 is 0 Å². The van der Waals surface area contributed by atoms with E-state index in [1.54, 1.807) is 27.7 Å². The molecule has 0 aliphatic carbocycles. The number of hydrogen-bond acceptors (Lipinski definition) is 7. The molecule has 1 amide bonds. The highest BCUT2D eigenvalue weighted by Gasteiger charge is 2.33. The fraction of sp³-hybridized carbons (Fsp3) is 0.600. The van der Waals surface area contributed by atoms with Crippen molar-refractivity contribution in [3.8, 4) is 5.75 Å². The van der Waals surface area contributed by atoms with E-state index in [2.05, 4.69) is 36.5 Å². The highest BCUT2D eigenvalue weighted by atomic mass is 28.3. The minimum Gasteiger partial charge on any atom is -0.482 e. The van der Waals surface area contributed by atoms with Crippen molar-refractivity contribution in [3.05, 3.63) is 40.2 Å². The first-order chi connectivity index (χ1) is 13.7. The molecule has 1 rings (SSSR count). The number of hydrogen-bond donors (Lipinski definition) is 1. The van der Waals surface area contributed by atoms with Gasteiger partial charge in [0.1, 0.15) is 6.61 Å². The normalized spacial score (nSPS) is 12.8. The fourth-order valence-electron chi connectivity index (χ4n) is 2.20. The molecule has 30 heavy (non-hydrogen) atoms. The standard InChI is InChI=1S/C20H33N3O6Si/c1-14(2)13-28-15-9-10-21-16(17(15)23(25)26)18(27-11-12-30(6,7)8)29-19(24)22-20(3,4)5/h9-10,18H,1,11-13H2,2-8H3,(H,22,24). The van der Waals surface area contributed by atoms with Crippen molar-refractivity contribution >= 4 is 19.9 Å². The maximum absolute atomic E-state index is 12.3. The Morgan fingerprint density at radius 3 is 2.50 bits per heavy atom. The third kappa shape index (κ3) is 9.36. The summed E-state index contributed by atoms with van der Waals surface area (Å²) in [4.78, 5) is 27.6. The number of carbonyl (C=O) groups excluding carboxylic acids is 1. The summed E-state index contributed by atoms with van der Waals surface area (Å²) >= 11 is 0. The van der Waals surface area contributed by atoms with Gasteiger partial charge >= 0.3 is 11.8 Å². The maximum atomic E-state index is 12.3. The lowest BCUT2D eigenvalue weighted by molar-refractivity contribution is -0.388. The molecule has 0 aromatic carbocycles. The highest BCUT2D eigenvalue weighted by molar-refractivity contribution is 6.76. The zero-order valence-corrected chi connectivity index (χ0v) is 19.9. The molecular weight excluding hydrogens is 406 g/mol. The first kappa shape index (κ1) is 25.6. The molecule has 0 fully saturated rings. The van der Waals surface area contributed by atoms with Gasteiger partial charge in [-0.1, -0.05) is 26.2 Å². The number of carbonyl (C=O) groups is 1. The second kappa shape index (κ2) is 10.5. The number of rotatable bonds is 10. The molecule has 0 radical (unpaired) electrons. The Morgan fingerprint density at radius 1 is 1.37 bits per heavy atom. The molecular formula is C20H33N3O6Si. The van der Waals surface area contributed by atoms with Crippen LogP contribution in [-0.4, -0.2) is 42.8 Å². The Labute approximate surface area is 179 Å². The molecule has 0 bridgehead atoms. The third-order valence-corrected chi connectivity index (χ3v) is 5.31. The van der Waals surface area contributed by atoms with Crippen LogP contribution in [0.2, 0.25) is 25.7 Å². The molecule has 1 heterocycles. The van der Waals surface area contributed by atoms with Crippen LogP contribution in [0.15, 0.2) is 24.4 Å². The van der Waals surface area contributed by atoms with E-state index in [1.807, 2.05) is 0 Å². The van der Waals surface area contributed by atoms with Gasteiger partial charge in [0.15, 0.2) is 5.69 Å². The van der Waals surface area contributed by atoms with Gasteiger partial charge in [-0.2, -0.15) is 0 Å². The quantitative estimate of drug-likeness (QED) is 0.183. The minimum atomic E-state index is -1.44. The van der Waals surface area contributed by atoms with Crippen LogP contribution in [-0.2, 0) is 9.47 Å². The van der Waals surface area contributed by atoms with Crippen molar-refractivity contribution in [1.29, 1.82) is 0 Å². The van der Waals surface area contributed by atoms with Crippen molar-refractivity contribution in [2.24, 2.45) is 0 Å². The largest absolute Gasteiger partial charge is 0.482 e. The van der Waals surface area contributed by atoms with Gasteiger partial charge in [-0.25, -0.2) is 9.78 Å². The molecule has 9 nitrogen and oxygen atoms in total. The molecule has 0 saturated carbocycles. The average molecular weight is 440 g/mol. The molecule has 0 aliphatic heterocycles. The van der Waals surface area contributed by atoms with Crippen LogP contribution in [0.5, 0.6) is 5.75 Å². The van der Waals surface area contributed by atoms with Crippen LogP contribution < -0.4 is 10.1 Å². The van der Waals surface area contributed by atoms with E-state index in [0.29, 0.717) is 5.57 Å². The molecule has 168 valence electrons. The molecule has 0 spiro atoms. The van der Waals surface area contributed by atoms with Crippen molar-refractivity contribution in [1.82, 2.24) is 10.3 Å². The summed E-state index contributed by atoms with van der Waals surface area (Å²) in [5, 5.41) is 14.5. The van der Waals surface area contributed by atoms with Gasteiger partial charge in [-0.3, -0.25) is 10.1 Å². The van der Waals surface area contributed by atoms with Crippen molar-refractivity contribution < 1.29 is 23.9 Å². The number of amides is 1. The second-order valence-corrected chi connectivity index (χ2v) is 15.0. The minimum absolute atomic E-state index is 0.00614. The Morgan fingerprint density at radius 2 is 2.00 bits per heavy atom. The highest BCUT2D eigenvalue weighted by Crippen LogP contribution is 2.35. The zero-order valence-electron chi connectivity index (χ0n) is 18.9. The van der Waals surface area contributed by atoms with Gasteiger partial charge in [0.2, 0.25) is 5.75 Å². The summed E-state index contributed by atoms with van der Waals surface area (Å²) in [7, 11) is -1.44. The zero-order chi connectivity index (χ0) is 23.1. The van der Waals surface area contributed by atoms with E-state index in [9.17, 15) is 14.9 Å². The van der Waals surface area contributed by atoms with E-state index in [-0.39, 0.29) is 24.7 Å². The van der Waals surface area contributed by atoms with Crippen LogP contribution in [0, 0.1) is 10.1 Å². The van der Waals surface area contributed by atoms with Gasteiger partial charge < -0.3 is 19.5 Å². The number of aromatic nitrogens is 1. The lowest BCUT2D eigenvalue weighted by Gasteiger charge is -2.24. The predicted octanol–water partition coefficient (Wildman–Crippen LogP) is 4.82. The lowest BCUT2D eigenvalue weighted by Crippen LogP contribution is -2.41. The Balaban J connectivity index is 3.25. The molecule has 0 aliphatic rings. The van der Waals surface area contributed by atoms with Gasteiger partial charge in [0, 0.05) is 32.5 Å². The van der Waals surface area contributed by atoms with Gasteiger partial charge in [-0.05, 0) is 39.3 Å². The van der Waals surface area contributed by atoms with Crippen molar-refractivity contribution in [2.45, 2.75) is 65.2 Å². The SMILES string of the molecule is C=C(C)COc1ccnc(C(OCC[Si](C)(C)C)OC(=O)NC(C)(C)C)c1[N+](=O)[O-]. The molecule has 1 N–H and O–H groups in total. The topological polar surface area (TPSA) is 113 Å². The predicted molar refractivity (Wildman–Crippen MR) is 117 cm³/mol. The summed E-state index contributed by atoms with van der Waals surface area (Å²) in [5.41, 5.74) is -0.378. The summed E-state index contributed by atoms with van der Waals surface area (Å²) in [6, 6.07) is 2.17. The molecule has 0 saturated heterocycles. The number of ether oxygens (including phenoxy) is 3. The average Bonchev–Trinajstić information content (AvgIpc) is 2.55. The van der Waals surface area contributed by atoms with Gasteiger partial charge in [0.05, 0.1) is 4.92 Å². The fourth-order valence-corrected chi connectivity index (χ4v) is 2.93. The van der Waals surface area contributed by atoms with Crippen LogP contribution in [0.4, 0.5) is 10.5 Å². The van der Waals surface area contributed by atoms with Gasteiger partial charge in [0.25, 0.3) is 6.29 Å². The van der Waals surface area contributed by atoms with E-state index < -0.39 is 36.6 Å². The smallest absolute Gasteiger partial charge is 0.410 e.